The van der Waals surface area contributed by atoms with Crippen molar-refractivity contribution in [2.45, 2.75) is 89.7 Å². The average molecular weight is 715 g/mol. The van der Waals surface area contributed by atoms with Crippen molar-refractivity contribution in [3.63, 3.8) is 0 Å². The van der Waals surface area contributed by atoms with Crippen molar-refractivity contribution in [3.05, 3.63) is 95.1 Å². The lowest BCUT2D eigenvalue weighted by molar-refractivity contribution is -0.117. The predicted octanol–water partition coefficient (Wildman–Crippen LogP) is 6.23. The lowest BCUT2D eigenvalue weighted by Gasteiger charge is -2.39. The molecule has 0 saturated carbocycles. The number of alkyl carbamates (subject to hydrolysis) is 1. The maximum Gasteiger partial charge on any atom is 0.410 e. The fraction of sp³-hybridized carbons (Fsp3) is 0.459. The molecule has 1 aromatic heterocycles. The zero-order chi connectivity index (χ0) is 37.6. The molecule has 2 heterocycles. The van der Waals surface area contributed by atoms with Crippen LogP contribution in [-0.4, -0.2) is 76.2 Å². The van der Waals surface area contributed by atoms with Crippen LogP contribution in [-0.2, 0) is 31.0 Å². The molecule has 2 atom stereocenters. The van der Waals surface area contributed by atoms with Gasteiger partial charge in [-0.25, -0.2) is 22.8 Å². The van der Waals surface area contributed by atoms with E-state index in [1.165, 1.54) is 35.4 Å². The van der Waals surface area contributed by atoms with E-state index in [9.17, 15) is 28.3 Å². The van der Waals surface area contributed by atoms with Crippen LogP contribution in [0.4, 0.5) is 28.4 Å². The standard InChI is InChI=1S/C37H45F3N4O7/c1-35(2,3)50-33(47)43-37(23-7-11-25(38)12-8-23,24-9-13-26(39)14-10-24)17-32(46)42-31-19-41-18-30(40)29(31)16-15-28-20-44(27(21-45)22-49-28)34(48)51-36(4,5)6/h7-14,18-19,27-28,45H,15-17,20-22H2,1-6H3,(H,42,46)(H,43,47)/t27-,28-/m1/s1. The summed E-state index contributed by atoms with van der Waals surface area (Å²) in [5.74, 6) is -2.51. The summed E-state index contributed by atoms with van der Waals surface area (Å²) in [4.78, 5) is 45.4. The first-order valence-electron chi connectivity index (χ1n) is 16.6. The lowest BCUT2D eigenvalue weighted by Crippen LogP contribution is -2.55. The summed E-state index contributed by atoms with van der Waals surface area (Å²) in [6.45, 7) is 9.97. The minimum atomic E-state index is -1.70. The van der Waals surface area contributed by atoms with Gasteiger partial charge in [-0.05, 0) is 89.8 Å². The number of nitrogens with one attached hydrogen (secondary N) is 2. The summed E-state index contributed by atoms with van der Waals surface area (Å²) in [5, 5.41) is 15.3. The third-order valence-corrected chi connectivity index (χ3v) is 8.01. The third kappa shape index (κ3) is 10.7. The zero-order valence-corrected chi connectivity index (χ0v) is 29.6. The van der Waals surface area contributed by atoms with Gasteiger partial charge in [-0.15, -0.1) is 0 Å². The number of aromatic nitrogens is 1. The van der Waals surface area contributed by atoms with Crippen molar-refractivity contribution in [2.75, 3.05) is 25.1 Å². The van der Waals surface area contributed by atoms with E-state index >= 15 is 4.39 Å². The molecule has 0 aliphatic carbocycles. The molecule has 3 aromatic rings. The second kappa shape index (κ2) is 16.1. The van der Waals surface area contributed by atoms with Gasteiger partial charge in [0.1, 0.15) is 34.2 Å². The van der Waals surface area contributed by atoms with Crippen LogP contribution in [0.2, 0.25) is 0 Å². The molecule has 14 heteroatoms. The molecule has 276 valence electrons. The van der Waals surface area contributed by atoms with Crippen molar-refractivity contribution < 1.29 is 46.9 Å². The Balaban J connectivity index is 1.61. The monoisotopic (exact) mass is 714 g/mol. The van der Waals surface area contributed by atoms with Crippen LogP contribution in [0.25, 0.3) is 0 Å². The minimum absolute atomic E-state index is 0.0440. The van der Waals surface area contributed by atoms with Crippen LogP contribution in [0.1, 0.15) is 71.1 Å². The molecule has 11 nitrogen and oxygen atoms in total. The number of ether oxygens (including phenoxy) is 3. The SMILES string of the molecule is CC(C)(C)OC(=O)NC(CC(=O)Nc1cncc(F)c1CC[C@@H]1CN(C(=O)OC(C)(C)C)[C@H](CO)CO1)(c1ccc(F)cc1)c1ccc(F)cc1. The van der Waals surface area contributed by atoms with E-state index in [1.54, 1.807) is 41.5 Å². The molecule has 1 aliphatic rings. The third-order valence-electron chi connectivity index (χ3n) is 8.01. The Labute approximate surface area is 295 Å². The summed E-state index contributed by atoms with van der Waals surface area (Å²) in [5.41, 5.74) is -2.62. The van der Waals surface area contributed by atoms with Gasteiger partial charge in [-0.2, -0.15) is 0 Å². The Morgan fingerprint density at radius 3 is 2.00 bits per heavy atom. The van der Waals surface area contributed by atoms with Crippen molar-refractivity contribution in [1.29, 1.82) is 0 Å². The van der Waals surface area contributed by atoms with Gasteiger partial charge in [-0.3, -0.25) is 14.7 Å². The number of nitrogens with zero attached hydrogens (tertiary/aromatic N) is 2. The maximum atomic E-state index is 15.3. The highest BCUT2D eigenvalue weighted by Crippen LogP contribution is 2.35. The second-order valence-electron chi connectivity index (χ2n) is 14.4. The number of aliphatic hydroxyl groups excluding tert-OH is 1. The summed E-state index contributed by atoms with van der Waals surface area (Å²) >= 11 is 0. The van der Waals surface area contributed by atoms with Gasteiger partial charge in [0.2, 0.25) is 5.91 Å². The van der Waals surface area contributed by atoms with Gasteiger partial charge in [0.05, 0.1) is 56.4 Å². The molecule has 1 fully saturated rings. The Bertz CT molecular complexity index is 1630. The Kier molecular flexibility index (Phi) is 12.4. The summed E-state index contributed by atoms with van der Waals surface area (Å²) in [6.07, 6.45) is 0.0435. The number of anilines is 1. The molecular formula is C37H45F3N4O7. The highest BCUT2D eigenvalue weighted by molar-refractivity contribution is 5.93. The first-order valence-corrected chi connectivity index (χ1v) is 16.6. The fourth-order valence-corrected chi connectivity index (χ4v) is 5.70. The van der Waals surface area contributed by atoms with Crippen molar-refractivity contribution in [2.24, 2.45) is 0 Å². The summed E-state index contributed by atoms with van der Waals surface area (Å²) in [7, 11) is 0. The quantitative estimate of drug-likeness (QED) is 0.225. The zero-order valence-electron chi connectivity index (χ0n) is 29.6. The first kappa shape index (κ1) is 39.1. The molecular weight excluding hydrogens is 669 g/mol. The van der Waals surface area contributed by atoms with Crippen LogP contribution in [0.3, 0.4) is 0 Å². The van der Waals surface area contributed by atoms with Crippen molar-refractivity contribution in [1.82, 2.24) is 15.2 Å². The molecule has 1 aliphatic heterocycles. The topological polar surface area (TPSA) is 139 Å². The maximum absolute atomic E-state index is 15.3. The van der Waals surface area contributed by atoms with E-state index in [-0.39, 0.29) is 43.9 Å². The van der Waals surface area contributed by atoms with E-state index in [2.05, 4.69) is 15.6 Å². The van der Waals surface area contributed by atoms with Crippen molar-refractivity contribution in [3.8, 4) is 0 Å². The molecule has 51 heavy (non-hydrogen) atoms. The van der Waals surface area contributed by atoms with E-state index in [0.29, 0.717) is 11.1 Å². The highest BCUT2D eigenvalue weighted by atomic mass is 19.1. The highest BCUT2D eigenvalue weighted by Gasteiger charge is 2.40. The van der Waals surface area contributed by atoms with E-state index in [1.807, 2.05) is 0 Å². The molecule has 1 saturated heterocycles. The van der Waals surface area contributed by atoms with Gasteiger partial charge >= 0.3 is 12.2 Å². The Morgan fingerprint density at radius 2 is 1.47 bits per heavy atom. The molecule has 3 N–H and O–H groups in total. The van der Waals surface area contributed by atoms with Gasteiger partial charge in [0.25, 0.3) is 0 Å². The number of morpholine rings is 1. The van der Waals surface area contributed by atoms with Crippen LogP contribution in [0, 0.1) is 17.5 Å². The lowest BCUT2D eigenvalue weighted by atomic mass is 9.79. The minimum Gasteiger partial charge on any atom is -0.444 e. The van der Waals surface area contributed by atoms with Crippen LogP contribution < -0.4 is 10.6 Å². The number of halogens is 3. The average Bonchev–Trinajstić information content (AvgIpc) is 3.03. The van der Waals surface area contributed by atoms with Gasteiger partial charge in [0, 0.05) is 5.56 Å². The molecule has 3 amide bonds. The first-order chi connectivity index (χ1) is 23.9. The Hall–Kier alpha value is -4.69. The smallest absolute Gasteiger partial charge is 0.410 e. The number of carbonyl (C=O) groups excluding carboxylic acids is 3. The molecule has 0 spiro atoms. The number of carbonyl (C=O) groups is 3. The summed E-state index contributed by atoms with van der Waals surface area (Å²) < 4.78 is 60.4. The number of benzene rings is 2. The number of pyridine rings is 1. The number of aliphatic hydroxyl groups is 1. The van der Waals surface area contributed by atoms with E-state index < -0.39 is 70.9 Å². The van der Waals surface area contributed by atoms with Gasteiger partial charge in [0.15, 0.2) is 0 Å². The summed E-state index contributed by atoms with van der Waals surface area (Å²) in [6, 6.07) is 9.62. The number of amides is 3. The fourth-order valence-electron chi connectivity index (χ4n) is 5.70. The van der Waals surface area contributed by atoms with Gasteiger partial charge in [-0.1, -0.05) is 24.3 Å². The van der Waals surface area contributed by atoms with Crippen LogP contribution in [0.5, 0.6) is 0 Å². The number of hydrogen-bond acceptors (Lipinski definition) is 8. The van der Waals surface area contributed by atoms with E-state index in [4.69, 9.17) is 14.2 Å². The largest absolute Gasteiger partial charge is 0.444 e. The normalized spacial score (nSPS) is 16.7. The number of rotatable bonds is 10. The van der Waals surface area contributed by atoms with Gasteiger partial charge < -0.3 is 30.0 Å². The second-order valence-corrected chi connectivity index (χ2v) is 14.4. The predicted molar refractivity (Wildman–Crippen MR) is 182 cm³/mol. The molecule has 0 unspecified atom stereocenters. The molecule has 4 rings (SSSR count). The van der Waals surface area contributed by atoms with Crippen LogP contribution >= 0.6 is 0 Å². The number of hydrogen-bond donors (Lipinski definition) is 3. The molecule has 0 radical (unpaired) electrons. The molecule has 0 bridgehead atoms. The van der Waals surface area contributed by atoms with Crippen LogP contribution in [0.15, 0.2) is 60.9 Å². The van der Waals surface area contributed by atoms with Crippen molar-refractivity contribution >= 4 is 23.8 Å². The van der Waals surface area contributed by atoms with E-state index in [0.717, 1.165) is 30.5 Å². The Morgan fingerprint density at radius 1 is 0.902 bits per heavy atom. The molecule has 2 aromatic carbocycles.